The van der Waals surface area contributed by atoms with Crippen LogP contribution in [0.3, 0.4) is 0 Å². The molecule has 2 aliphatic rings. The van der Waals surface area contributed by atoms with Crippen molar-refractivity contribution in [1.82, 2.24) is 0 Å². The van der Waals surface area contributed by atoms with Gasteiger partial charge in [-0.05, 0) is 116 Å². The lowest BCUT2D eigenvalue weighted by molar-refractivity contribution is -0.0790. The molecule has 2 aromatic carbocycles. The molecule has 0 radical (unpaired) electrons. The minimum atomic E-state index is -4.69. The molecule has 0 amide bonds. The van der Waals surface area contributed by atoms with Crippen LogP contribution in [0.2, 0.25) is 0 Å². The van der Waals surface area contributed by atoms with Gasteiger partial charge in [0.2, 0.25) is 0 Å². The summed E-state index contributed by atoms with van der Waals surface area (Å²) >= 11 is 0. The minimum Gasteiger partial charge on any atom is -0.206 e. The van der Waals surface area contributed by atoms with Crippen molar-refractivity contribution in [2.75, 3.05) is 0 Å². The molecular weight excluding hydrogens is 522 g/mol. The van der Waals surface area contributed by atoms with Gasteiger partial charge in [0.25, 0.3) is 0 Å². The predicted molar refractivity (Wildman–Crippen MR) is 150 cm³/mol. The van der Waals surface area contributed by atoms with E-state index in [-0.39, 0.29) is 17.2 Å². The van der Waals surface area contributed by atoms with Crippen molar-refractivity contribution in [2.24, 2.45) is 29.6 Å². The van der Waals surface area contributed by atoms with Gasteiger partial charge in [-0.1, -0.05) is 51.7 Å². The third-order valence-electron chi connectivity index (χ3n) is 9.63. The molecule has 2 saturated carbocycles. The van der Waals surface area contributed by atoms with Crippen molar-refractivity contribution in [2.45, 2.75) is 97.1 Å². The first kappa shape index (κ1) is 30.7. The van der Waals surface area contributed by atoms with Crippen LogP contribution < -0.4 is 0 Å². The highest BCUT2D eigenvalue weighted by molar-refractivity contribution is 5.67. The second-order valence-corrected chi connectivity index (χ2v) is 12.3. The molecule has 220 valence electrons. The van der Waals surface area contributed by atoms with Gasteiger partial charge in [0.15, 0.2) is 0 Å². The first-order valence-electron chi connectivity index (χ1n) is 15.1. The second-order valence-electron chi connectivity index (χ2n) is 12.3. The minimum absolute atomic E-state index is 0.0206. The molecule has 0 aliphatic heterocycles. The number of benzene rings is 2. The number of rotatable bonds is 9. The molecule has 2 fully saturated rings. The van der Waals surface area contributed by atoms with Gasteiger partial charge in [-0.3, -0.25) is 0 Å². The van der Waals surface area contributed by atoms with Crippen molar-refractivity contribution < 1.29 is 26.3 Å². The highest BCUT2D eigenvalue weighted by Gasteiger charge is 2.32. The number of aryl methyl sites for hydroxylation is 1. The Hall–Kier alpha value is -2.24. The van der Waals surface area contributed by atoms with Crippen LogP contribution in [0.25, 0.3) is 17.2 Å². The van der Waals surface area contributed by atoms with Gasteiger partial charge in [-0.2, -0.15) is 13.2 Å². The van der Waals surface area contributed by atoms with E-state index in [4.69, 9.17) is 0 Å². The van der Waals surface area contributed by atoms with Gasteiger partial charge in [0, 0.05) is 17.2 Å². The fourth-order valence-corrected chi connectivity index (χ4v) is 7.22. The normalized spacial score (nSPS) is 24.9. The summed E-state index contributed by atoms with van der Waals surface area (Å²) < 4.78 is 80.8. The Morgan fingerprint density at radius 2 is 1.43 bits per heavy atom. The van der Waals surface area contributed by atoms with Gasteiger partial charge < -0.3 is 0 Å². The fraction of sp³-hybridized carbons (Fsp3) is 0.588. The van der Waals surface area contributed by atoms with Crippen LogP contribution >= 0.6 is 0 Å². The van der Waals surface area contributed by atoms with Gasteiger partial charge in [-0.25, -0.2) is 13.2 Å². The largest absolute Gasteiger partial charge is 0.409 e. The van der Waals surface area contributed by atoms with Crippen LogP contribution in [-0.2, 0) is 6.42 Å². The Bertz CT molecular complexity index is 1110. The van der Waals surface area contributed by atoms with Crippen LogP contribution in [0.15, 0.2) is 36.4 Å². The molecule has 1 unspecified atom stereocenters. The summed E-state index contributed by atoms with van der Waals surface area (Å²) in [4.78, 5) is 0. The molecule has 0 nitrogen and oxygen atoms in total. The van der Waals surface area contributed by atoms with Crippen LogP contribution in [-0.4, -0.2) is 6.18 Å². The number of alkyl halides is 3. The predicted octanol–water partition coefficient (Wildman–Crippen LogP) is 11.3. The lowest BCUT2D eigenvalue weighted by Gasteiger charge is -2.39. The SMILES string of the molecule is CCCC(C)C1CCC(C2CCC(CCc3ccc(-c4cc(F)c(/C=C/C(F)(F)F)c(F)c4)c(F)c3)CC2)CC1. The quantitative estimate of drug-likeness (QED) is 0.266. The van der Waals surface area contributed by atoms with Crippen LogP contribution in [0.1, 0.15) is 95.6 Å². The third kappa shape index (κ3) is 8.16. The molecule has 0 aromatic heterocycles. The first-order valence-corrected chi connectivity index (χ1v) is 15.1. The van der Waals surface area contributed by atoms with Crippen molar-refractivity contribution in [3.8, 4) is 11.1 Å². The summed E-state index contributed by atoms with van der Waals surface area (Å²) in [6, 6.07) is 6.42. The molecular formula is C34H42F6. The molecule has 0 heterocycles. The molecule has 2 aliphatic carbocycles. The van der Waals surface area contributed by atoms with Crippen molar-refractivity contribution >= 4 is 6.08 Å². The van der Waals surface area contributed by atoms with Crippen molar-refractivity contribution in [3.63, 3.8) is 0 Å². The lowest BCUT2D eigenvalue weighted by atomic mass is 9.67. The zero-order valence-electron chi connectivity index (χ0n) is 23.7. The number of hydrogen-bond donors (Lipinski definition) is 0. The van der Waals surface area contributed by atoms with Crippen LogP contribution in [0.4, 0.5) is 26.3 Å². The van der Waals surface area contributed by atoms with Crippen LogP contribution in [0, 0.1) is 47.0 Å². The van der Waals surface area contributed by atoms with Gasteiger partial charge in [-0.15, -0.1) is 0 Å². The maximum absolute atomic E-state index is 14.9. The Labute approximate surface area is 235 Å². The summed E-state index contributed by atoms with van der Waals surface area (Å²) in [6.45, 7) is 4.71. The molecule has 1 atom stereocenters. The van der Waals surface area contributed by atoms with Gasteiger partial charge in [0.05, 0.1) is 0 Å². The lowest BCUT2D eigenvalue weighted by Crippen LogP contribution is -2.27. The summed E-state index contributed by atoms with van der Waals surface area (Å²) in [7, 11) is 0. The maximum Gasteiger partial charge on any atom is 0.409 e. The van der Waals surface area contributed by atoms with Gasteiger partial charge in [0.1, 0.15) is 17.5 Å². The van der Waals surface area contributed by atoms with Gasteiger partial charge >= 0.3 is 6.18 Å². The first-order chi connectivity index (χ1) is 19.0. The van der Waals surface area contributed by atoms with E-state index in [1.54, 1.807) is 6.07 Å². The summed E-state index contributed by atoms with van der Waals surface area (Å²) in [6.07, 6.45) is 10.4. The molecule has 6 heteroatoms. The molecule has 4 rings (SSSR count). The summed E-state index contributed by atoms with van der Waals surface area (Å²) in [5.41, 5.74) is 0.0123. The third-order valence-corrected chi connectivity index (χ3v) is 9.63. The number of allylic oxidation sites excluding steroid dienone is 1. The Morgan fingerprint density at radius 1 is 0.825 bits per heavy atom. The van der Waals surface area contributed by atoms with E-state index in [0.717, 1.165) is 54.2 Å². The van der Waals surface area contributed by atoms with Crippen molar-refractivity contribution in [3.05, 3.63) is 65.0 Å². The zero-order chi connectivity index (χ0) is 28.9. The standard InChI is InChI=1S/C34H42F6/c1-3-4-22(2)25-12-14-27(15-13-25)26-10-7-23(8-11-26)5-6-24-9-16-29(31(35)19-24)28-20-32(36)30(33(37)21-28)17-18-34(38,39)40/h9,16-23,25-27H,3-8,10-15H2,1-2H3/b18-17+. The smallest absolute Gasteiger partial charge is 0.206 e. The molecule has 40 heavy (non-hydrogen) atoms. The van der Waals surface area contributed by atoms with E-state index in [1.807, 2.05) is 0 Å². The molecule has 0 saturated heterocycles. The maximum atomic E-state index is 14.9. The van der Waals surface area contributed by atoms with Crippen LogP contribution in [0.5, 0.6) is 0 Å². The molecule has 2 aromatic rings. The van der Waals surface area contributed by atoms with E-state index in [9.17, 15) is 26.3 Å². The average Bonchev–Trinajstić information content (AvgIpc) is 2.91. The molecule has 0 bridgehead atoms. The average molecular weight is 565 g/mol. The highest BCUT2D eigenvalue weighted by Crippen LogP contribution is 2.44. The Morgan fingerprint density at radius 3 is 1.98 bits per heavy atom. The fourth-order valence-electron chi connectivity index (χ4n) is 7.22. The highest BCUT2D eigenvalue weighted by atomic mass is 19.4. The summed E-state index contributed by atoms with van der Waals surface area (Å²) in [5.74, 6) is 1.21. The van der Waals surface area contributed by atoms with E-state index >= 15 is 0 Å². The summed E-state index contributed by atoms with van der Waals surface area (Å²) in [5, 5.41) is 0. The van der Waals surface area contributed by atoms with E-state index in [0.29, 0.717) is 12.0 Å². The van der Waals surface area contributed by atoms with E-state index in [1.165, 1.54) is 76.3 Å². The Kier molecular flexibility index (Phi) is 10.5. The zero-order valence-corrected chi connectivity index (χ0v) is 23.7. The van der Waals surface area contributed by atoms with Crippen molar-refractivity contribution in [1.29, 1.82) is 0 Å². The van der Waals surface area contributed by atoms with E-state index in [2.05, 4.69) is 13.8 Å². The monoisotopic (exact) mass is 564 g/mol. The Balaban J connectivity index is 1.27. The molecule has 0 spiro atoms. The van der Waals surface area contributed by atoms with E-state index < -0.39 is 29.2 Å². The number of hydrogen-bond acceptors (Lipinski definition) is 0. The second kappa shape index (κ2) is 13.6. The number of halogens is 6. The topological polar surface area (TPSA) is 0 Å². The molecule has 0 N–H and O–H groups in total.